The van der Waals surface area contributed by atoms with Crippen molar-refractivity contribution in [3.63, 3.8) is 0 Å². The standard InChI is InChI=1S/C52H32N2O/c1-2-11-33(12-3-1)35-14-10-15-38(29-35)53-47-19-8-6-17-41(47)44-30-36(22-26-48(44)53)37-23-27-49-45(31-37)43-25-21-34-13-4-5-16-40(34)52(43)54(49)39-24-28-51-46(32-39)42-18-7-9-20-50(42)55-51/h1-32H. The van der Waals surface area contributed by atoms with Gasteiger partial charge in [0, 0.05) is 49.1 Å². The molecule has 0 N–H and O–H groups in total. The summed E-state index contributed by atoms with van der Waals surface area (Å²) in [5.74, 6) is 0. The Morgan fingerprint density at radius 3 is 1.76 bits per heavy atom. The topological polar surface area (TPSA) is 23.0 Å². The first-order valence-electron chi connectivity index (χ1n) is 18.8. The smallest absolute Gasteiger partial charge is 0.135 e. The number of furan rings is 1. The second-order valence-corrected chi connectivity index (χ2v) is 14.5. The lowest BCUT2D eigenvalue weighted by atomic mass is 10.00. The van der Waals surface area contributed by atoms with Crippen LogP contribution < -0.4 is 0 Å². The van der Waals surface area contributed by atoms with Gasteiger partial charge in [-0.2, -0.15) is 0 Å². The first-order valence-corrected chi connectivity index (χ1v) is 18.8. The molecule has 0 saturated heterocycles. The molecule has 0 fully saturated rings. The average Bonchev–Trinajstić information content (AvgIpc) is 3.91. The van der Waals surface area contributed by atoms with Crippen molar-refractivity contribution in [2.75, 3.05) is 0 Å². The second kappa shape index (κ2) is 11.6. The van der Waals surface area contributed by atoms with Crippen LogP contribution in [0.4, 0.5) is 0 Å². The summed E-state index contributed by atoms with van der Waals surface area (Å²) in [7, 11) is 0. The molecule has 9 aromatic carbocycles. The number of benzene rings is 9. The van der Waals surface area contributed by atoms with E-state index in [2.05, 4.69) is 191 Å². The quantitative estimate of drug-likeness (QED) is 0.179. The molecule has 256 valence electrons. The van der Waals surface area contributed by atoms with Crippen LogP contribution >= 0.6 is 0 Å². The third kappa shape index (κ3) is 4.50. The normalized spacial score (nSPS) is 12.0. The number of hydrogen-bond donors (Lipinski definition) is 0. The van der Waals surface area contributed by atoms with Crippen LogP contribution in [0, 0.1) is 0 Å². The van der Waals surface area contributed by atoms with Gasteiger partial charge in [-0.05, 0) is 94.4 Å². The number of nitrogens with zero attached hydrogens (tertiary/aromatic N) is 2. The molecule has 0 amide bonds. The second-order valence-electron chi connectivity index (χ2n) is 14.5. The fourth-order valence-electron chi connectivity index (χ4n) is 8.97. The van der Waals surface area contributed by atoms with Gasteiger partial charge in [0.1, 0.15) is 11.2 Å². The summed E-state index contributed by atoms with van der Waals surface area (Å²) in [6.45, 7) is 0. The average molecular weight is 701 g/mol. The Bertz CT molecular complexity index is 3490. The van der Waals surface area contributed by atoms with Gasteiger partial charge in [0.2, 0.25) is 0 Å². The summed E-state index contributed by atoms with van der Waals surface area (Å²) in [6.07, 6.45) is 0. The Kier molecular flexibility index (Phi) is 6.34. The van der Waals surface area contributed by atoms with Crippen LogP contribution in [0.25, 0.3) is 110 Å². The van der Waals surface area contributed by atoms with E-state index in [0.717, 1.165) is 33.3 Å². The van der Waals surface area contributed by atoms with E-state index in [-0.39, 0.29) is 0 Å². The fourth-order valence-corrected chi connectivity index (χ4v) is 8.97. The highest BCUT2D eigenvalue weighted by atomic mass is 16.3. The van der Waals surface area contributed by atoms with Gasteiger partial charge in [-0.15, -0.1) is 0 Å². The van der Waals surface area contributed by atoms with E-state index in [9.17, 15) is 0 Å². The summed E-state index contributed by atoms with van der Waals surface area (Å²) in [5, 5.41) is 9.68. The molecule has 0 aliphatic heterocycles. The predicted octanol–water partition coefficient (Wildman–Crippen LogP) is 14.3. The lowest BCUT2D eigenvalue weighted by Crippen LogP contribution is -1.94. The van der Waals surface area contributed by atoms with Gasteiger partial charge in [-0.3, -0.25) is 0 Å². The lowest BCUT2D eigenvalue weighted by Gasteiger charge is -2.11. The van der Waals surface area contributed by atoms with E-state index in [4.69, 9.17) is 4.42 Å². The molecule has 0 aliphatic rings. The number of aromatic nitrogens is 2. The van der Waals surface area contributed by atoms with Crippen LogP contribution in [0.2, 0.25) is 0 Å². The zero-order valence-corrected chi connectivity index (χ0v) is 29.8. The van der Waals surface area contributed by atoms with Gasteiger partial charge < -0.3 is 13.6 Å². The molecule has 3 heterocycles. The maximum absolute atomic E-state index is 6.23. The van der Waals surface area contributed by atoms with Crippen molar-refractivity contribution < 1.29 is 4.42 Å². The predicted molar refractivity (Wildman–Crippen MR) is 231 cm³/mol. The molecular formula is C52H32N2O. The van der Waals surface area contributed by atoms with Crippen molar-refractivity contribution in [2.24, 2.45) is 0 Å². The van der Waals surface area contributed by atoms with E-state index >= 15 is 0 Å². The van der Waals surface area contributed by atoms with Crippen molar-refractivity contribution in [1.29, 1.82) is 0 Å². The van der Waals surface area contributed by atoms with Gasteiger partial charge >= 0.3 is 0 Å². The van der Waals surface area contributed by atoms with E-state index in [1.54, 1.807) is 0 Å². The first-order chi connectivity index (χ1) is 27.3. The Morgan fingerprint density at radius 2 is 0.909 bits per heavy atom. The molecule has 12 aromatic rings. The molecule has 0 unspecified atom stereocenters. The number of hydrogen-bond acceptors (Lipinski definition) is 1. The molecule has 12 rings (SSSR count). The highest BCUT2D eigenvalue weighted by Gasteiger charge is 2.19. The molecule has 0 spiro atoms. The van der Waals surface area contributed by atoms with Crippen molar-refractivity contribution in [1.82, 2.24) is 9.13 Å². The van der Waals surface area contributed by atoms with Gasteiger partial charge in [-0.25, -0.2) is 0 Å². The van der Waals surface area contributed by atoms with Crippen LogP contribution in [0.1, 0.15) is 0 Å². The molecule has 0 atom stereocenters. The van der Waals surface area contributed by atoms with Crippen molar-refractivity contribution >= 4 is 76.3 Å². The number of fused-ring (bicyclic) bond motifs is 11. The highest BCUT2D eigenvalue weighted by Crippen LogP contribution is 2.41. The van der Waals surface area contributed by atoms with Gasteiger partial charge in [0.05, 0.1) is 22.1 Å². The fraction of sp³-hybridized carbons (Fsp3) is 0. The van der Waals surface area contributed by atoms with E-state index in [0.29, 0.717) is 0 Å². The molecular weight excluding hydrogens is 669 g/mol. The molecule has 55 heavy (non-hydrogen) atoms. The van der Waals surface area contributed by atoms with Crippen LogP contribution in [-0.2, 0) is 0 Å². The Hall–Kier alpha value is -7.36. The summed E-state index contributed by atoms with van der Waals surface area (Å²) in [4.78, 5) is 0. The monoisotopic (exact) mass is 700 g/mol. The number of rotatable bonds is 4. The van der Waals surface area contributed by atoms with E-state index < -0.39 is 0 Å². The molecule has 0 saturated carbocycles. The number of para-hydroxylation sites is 2. The van der Waals surface area contributed by atoms with Gasteiger partial charge in [-0.1, -0.05) is 127 Å². The minimum Gasteiger partial charge on any atom is -0.456 e. The van der Waals surface area contributed by atoms with Crippen LogP contribution in [-0.4, -0.2) is 9.13 Å². The van der Waals surface area contributed by atoms with E-state index in [1.165, 1.54) is 76.6 Å². The van der Waals surface area contributed by atoms with Crippen LogP contribution in [0.3, 0.4) is 0 Å². The lowest BCUT2D eigenvalue weighted by molar-refractivity contribution is 0.669. The van der Waals surface area contributed by atoms with Gasteiger partial charge in [0.15, 0.2) is 0 Å². The third-order valence-corrected chi connectivity index (χ3v) is 11.5. The zero-order valence-electron chi connectivity index (χ0n) is 29.8. The Labute approximate surface area is 316 Å². The Balaban J connectivity index is 1.06. The highest BCUT2D eigenvalue weighted by molar-refractivity contribution is 6.20. The SMILES string of the molecule is c1ccc(-c2cccc(-n3c4ccccc4c4cc(-c5ccc6c(c5)c5ccc7ccccc7c5n6-c5ccc6oc7ccccc7c6c5)ccc43)c2)cc1. The first kappa shape index (κ1) is 30.1. The van der Waals surface area contributed by atoms with Crippen LogP contribution in [0.5, 0.6) is 0 Å². The van der Waals surface area contributed by atoms with Crippen molar-refractivity contribution in [3.8, 4) is 33.6 Å². The molecule has 3 heteroatoms. The minimum absolute atomic E-state index is 0.901. The summed E-state index contributed by atoms with van der Waals surface area (Å²) in [5.41, 5.74) is 13.7. The third-order valence-electron chi connectivity index (χ3n) is 11.5. The summed E-state index contributed by atoms with van der Waals surface area (Å²) >= 11 is 0. The maximum atomic E-state index is 6.23. The molecule has 0 aliphatic carbocycles. The zero-order chi connectivity index (χ0) is 36.0. The molecule has 3 nitrogen and oxygen atoms in total. The maximum Gasteiger partial charge on any atom is 0.135 e. The summed E-state index contributed by atoms with van der Waals surface area (Å²) < 4.78 is 11.1. The largest absolute Gasteiger partial charge is 0.456 e. The molecule has 3 aromatic heterocycles. The van der Waals surface area contributed by atoms with E-state index in [1.807, 2.05) is 12.1 Å². The van der Waals surface area contributed by atoms with Crippen molar-refractivity contribution in [2.45, 2.75) is 0 Å². The molecule has 0 bridgehead atoms. The van der Waals surface area contributed by atoms with Gasteiger partial charge in [0.25, 0.3) is 0 Å². The van der Waals surface area contributed by atoms with Crippen molar-refractivity contribution in [3.05, 3.63) is 194 Å². The van der Waals surface area contributed by atoms with Crippen LogP contribution in [0.15, 0.2) is 199 Å². The molecule has 0 radical (unpaired) electrons. The Morgan fingerprint density at radius 1 is 0.291 bits per heavy atom. The summed E-state index contributed by atoms with van der Waals surface area (Å²) in [6, 6.07) is 70.4. The minimum atomic E-state index is 0.901.